The van der Waals surface area contributed by atoms with Gasteiger partial charge in [0.25, 0.3) is 0 Å². The van der Waals surface area contributed by atoms with Gasteiger partial charge in [0.1, 0.15) is 6.10 Å². The van der Waals surface area contributed by atoms with Crippen molar-refractivity contribution in [2.75, 3.05) is 85.9 Å². The second-order valence-electron chi connectivity index (χ2n) is 12.0. The summed E-state index contributed by atoms with van der Waals surface area (Å²) in [5, 5.41) is 0.188. The maximum absolute atomic E-state index is 13.2. The first kappa shape index (κ1) is 40.3. The summed E-state index contributed by atoms with van der Waals surface area (Å²) in [7, 11) is -4.29. The van der Waals surface area contributed by atoms with Crippen molar-refractivity contribution in [3.63, 3.8) is 0 Å². The third-order valence-corrected chi connectivity index (χ3v) is 9.41. The van der Waals surface area contributed by atoms with Crippen LogP contribution in [0.2, 0.25) is 0 Å². The molecule has 2 unspecified atom stereocenters. The van der Waals surface area contributed by atoms with Crippen LogP contribution in [0.4, 0.5) is 0 Å². The van der Waals surface area contributed by atoms with Crippen LogP contribution in [0.15, 0.2) is 18.2 Å². The molecule has 1 fully saturated rings. The van der Waals surface area contributed by atoms with Gasteiger partial charge in [0.15, 0.2) is 7.60 Å². The van der Waals surface area contributed by atoms with E-state index in [2.05, 4.69) is 20.8 Å². The van der Waals surface area contributed by atoms with E-state index in [4.69, 9.17) is 37.7 Å². The number of unbranched alkanes of at least 4 members (excludes halogenated alkanes) is 6. The predicted molar refractivity (Wildman–Crippen MR) is 174 cm³/mol. The van der Waals surface area contributed by atoms with E-state index < -0.39 is 7.60 Å². The van der Waals surface area contributed by atoms with Gasteiger partial charge in [-0.25, -0.2) is 0 Å². The van der Waals surface area contributed by atoms with Crippen molar-refractivity contribution in [1.82, 2.24) is 0 Å². The highest BCUT2D eigenvalue weighted by Gasteiger charge is 2.25. The fraction of sp³-hybridized carbons (Fsp3) is 0.824. The summed E-state index contributed by atoms with van der Waals surface area (Å²) < 4.78 is 58.3. The average molecular weight is 660 g/mol. The third-order valence-electron chi connectivity index (χ3n) is 7.80. The third kappa shape index (κ3) is 17.7. The number of rotatable bonds is 16. The van der Waals surface area contributed by atoms with Crippen LogP contribution in [0.25, 0.3) is 0 Å². The molecule has 0 spiro atoms. The maximum atomic E-state index is 13.2. The van der Waals surface area contributed by atoms with Crippen LogP contribution >= 0.6 is 7.60 Å². The van der Waals surface area contributed by atoms with Gasteiger partial charge < -0.3 is 47.1 Å². The smallest absolute Gasteiger partial charge is 0.165 e. The van der Waals surface area contributed by atoms with Crippen LogP contribution in [0, 0.1) is 0 Å². The van der Waals surface area contributed by atoms with Gasteiger partial charge in [0.05, 0.1) is 92.5 Å². The van der Waals surface area contributed by atoms with Gasteiger partial charge in [-0.15, -0.1) is 0 Å². The molecule has 0 saturated carbocycles. The van der Waals surface area contributed by atoms with Crippen LogP contribution < -0.4 is 10.2 Å². The zero-order chi connectivity index (χ0) is 32.6. The number of ether oxygens (including phenoxy) is 7. The molecule has 2 atom stereocenters. The molecule has 1 saturated heterocycles. The SMILES string of the molecule is CCCCCCCCCC(C)(C)c1ccc(COCC2COCCOCCOCCOCCOCCO2)c(P(=O)([O-])OCC)c1. The lowest BCUT2D eigenvalue weighted by Crippen LogP contribution is -2.29. The highest BCUT2D eigenvalue weighted by atomic mass is 31.2. The Kier molecular flexibility index (Phi) is 21.7. The summed E-state index contributed by atoms with van der Waals surface area (Å²) in [5.74, 6) is 0. The number of hydrogen-bond donors (Lipinski definition) is 0. The van der Waals surface area contributed by atoms with Gasteiger partial charge in [-0.1, -0.05) is 77.8 Å². The molecule has 262 valence electrons. The van der Waals surface area contributed by atoms with E-state index in [0.29, 0.717) is 78.2 Å². The second-order valence-corrected chi connectivity index (χ2v) is 13.8. The fourth-order valence-corrected chi connectivity index (χ4v) is 6.35. The van der Waals surface area contributed by atoms with Crippen LogP contribution in [-0.2, 0) is 54.3 Å². The lowest BCUT2D eigenvalue weighted by atomic mass is 9.79. The van der Waals surface area contributed by atoms with Crippen molar-refractivity contribution in [3.8, 4) is 0 Å². The molecule has 0 bridgehead atoms. The van der Waals surface area contributed by atoms with Gasteiger partial charge in [-0.05, 0) is 36.0 Å². The van der Waals surface area contributed by atoms with Crippen LogP contribution in [0.3, 0.4) is 0 Å². The summed E-state index contributed by atoms with van der Waals surface area (Å²) in [5.41, 5.74) is 1.39. The maximum Gasteiger partial charge on any atom is 0.165 e. The largest absolute Gasteiger partial charge is 0.775 e. The standard InChI is InChI=1S/C34H61O10P/c1-5-7-8-9-10-11-12-15-34(3,4)31-14-13-30(33(26-31)45(35,36)44-6-2)27-42-29-32-28-41-23-22-39-19-18-37-16-17-38-20-21-40-24-25-43-32/h13-14,26,32H,5-12,15-25,27-29H2,1-4H3,(H,35,36)/p-1. The summed E-state index contributed by atoms with van der Waals surface area (Å²) in [6, 6.07) is 5.67. The first-order valence-corrected chi connectivity index (χ1v) is 18.5. The van der Waals surface area contributed by atoms with E-state index >= 15 is 0 Å². The molecule has 1 aromatic carbocycles. The van der Waals surface area contributed by atoms with E-state index in [0.717, 1.165) is 18.4 Å². The van der Waals surface area contributed by atoms with E-state index in [1.54, 1.807) is 13.0 Å². The Balaban J connectivity index is 1.99. The van der Waals surface area contributed by atoms with Gasteiger partial charge >= 0.3 is 0 Å². The number of hydrogen-bond acceptors (Lipinski definition) is 10. The molecule has 1 aromatic rings. The first-order chi connectivity index (χ1) is 21.8. The molecule has 1 aliphatic rings. The highest BCUT2D eigenvalue weighted by Crippen LogP contribution is 2.39. The van der Waals surface area contributed by atoms with Gasteiger partial charge in [0.2, 0.25) is 0 Å². The quantitative estimate of drug-likeness (QED) is 0.171. The molecule has 1 aliphatic heterocycles. The Morgan fingerprint density at radius 1 is 0.800 bits per heavy atom. The van der Waals surface area contributed by atoms with Crippen molar-refractivity contribution in [3.05, 3.63) is 29.3 Å². The Labute approximate surface area is 272 Å². The Hall–Kier alpha value is -0.910. The zero-order valence-electron chi connectivity index (χ0n) is 28.4. The van der Waals surface area contributed by atoms with E-state index in [-0.39, 0.29) is 36.6 Å². The summed E-state index contributed by atoms with van der Waals surface area (Å²) in [4.78, 5) is 13.2. The molecular formula is C34H60O10P-. The molecule has 0 aromatic heterocycles. The predicted octanol–water partition coefficient (Wildman–Crippen LogP) is 5.32. The minimum Gasteiger partial charge on any atom is -0.775 e. The van der Waals surface area contributed by atoms with Crippen molar-refractivity contribution < 1.29 is 47.1 Å². The molecule has 10 nitrogen and oxygen atoms in total. The molecule has 0 amide bonds. The number of benzene rings is 1. The Morgan fingerprint density at radius 2 is 1.36 bits per heavy atom. The van der Waals surface area contributed by atoms with E-state index in [1.807, 2.05) is 12.1 Å². The minimum absolute atomic E-state index is 0.0743. The summed E-state index contributed by atoms with van der Waals surface area (Å²) in [6.07, 6.45) is 9.33. The van der Waals surface area contributed by atoms with Crippen molar-refractivity contribution >= 4 is 12.9 Å². The van der Waals surface area contributed by atoms with Crippen LogP contribution in [0.1, 0.15) is 90.2 Å². The Bertz CT molecular complexity index is 910. The molecule has 0 radical (unpaired) electrons. The summed E-state index contributed by atoms with van der Waals surface area (Å²) in [6.45, 7) is 13.6. The lowest BCUT2D eigenvalue weighted by Gasteiger charge is -2.30. The molecule has 11 heteroatoms. The molecule has 0 aliphatic carbocycles. The molecule has 1 heterocycles. The summed E-state index contributed by atoms with van der Waals surface area (Å²) >= 11 is 0. The van der Waals surface area contributed by atoms with Crippen molar-refractivity contribution in [2.45, 2.75) is 97.2 Å². The van der Waals surface area contributed by atoms with Gasteiger partial charge in [0, 0.05) is 5.30 Å². The molecular weight excluding hydrogens is 599 g/mol. The fourth-order valence-electron chi connectivity index (χ4n) is 5.08. The zero-order valence-corrected chi connectivity index (χ0v) is 29.3. The van der Waals surface area contributed by atoms with Crippen LogP contribution in [0.5, 0.6) is 0 Å². The average Bonchev–Trinajstić information content (AvgIpc) is 3.01. The van der Waals surface area contributed by atoms with Gasteiger partial charge in [-0.3, -0.25) is 0 Å². The van der Waals surface area contributed by atoms with E-state index in [1.165, 1.54) is 38.5 Å². The van der Waals surface area contributed by atoms with E-state index in [9.17, 15) is 9.46 Å². The highest BCUT2D eigenvalue weighted by molar-refractivity contribution is 7.60. The second kappa shape index (κ2) is 24.3. The topological polar surface area (TPSA) is 114 Å². The van der Waals surface area contributed by atoms with Crippen molar-refractivity contribution in [1.29, 1.82) is 0 Å². The lowest BCUT2D eigenvalue weighted by molar-refractivity contribution is -0.193. The Morgan fingerprint density at radius 3 is 1.96 bits per heavy atom. The minimum atomic E-state index is -4.29. The molecule has 2 rings (SSSR count). The molecule has 0 N–H and O–H groups in total. The van der Waals surface area contributed by atoms with Crippen LogP contribution in [-0.4, -0.2) is 92.0 Å². The molecule has 45 heavy (non-hydrogen) atoms. The van der Waals surface area contributed by atoms with Crippen molar-refractivity contribution in [2.24, 2.45) is 0 Å². The first-order valence-electron chi connectivity index (χ1n) is 17.0. The van der Waals surface area contributed by atoms with Gasteiger partial charge in [-0.2, -0.15) is 0 Å². The monoisotopic (exact) mass is 659 g/mol. The normalized spacial score (nSPS) is 20.2.